The van der Waals surface area contributed by atoms with E-state index in [0.717, 1.165) is 58.6 Å². The van der Waals surface area contributed by atoms with Crippen LogP contribution in [0.3, 0.4) is 0 Å². The highest BCUT2D eigenvalue weighted by Gasteiger charge is 2.20. The van der Waals surface area contributed by atoms with Crippen LogP contribution in [-0.2, 0) is 0 Å². The molecular formula is C25H32N6OS. The predicted molar refractivity (Wildman–Crippen MR) is 136 cm³/mol. The van der Waals surface area contributed by atoms with E-state index in [1.165, 1.54) is 32.1 Å². The molecule has 5 rings (SSSR count). The van der Waals surface area contributed by atoms with E-state index in [-0.39, 0.29) is 5.92 Å². The highest BCUT2D eigenvalue weighted by atomic mass is 32.1. The monoisotopic (exact) mass is 464 g/mol. The molecule has 0 saturated heterocycles. The van der Waals surface area contributed by atoms with Crippen molar-refractivity contribution < 1.29 is 4.74 Å². The lowest BCUT2D eigenvalue weighted by Crippen LogP contribution is -2.28. The molecule has 174 valence electrons. The number of hydrazone groups is 1. The number of ether oxygens (including phenoxy) is 1. The van der Waals surface area contributed by atoms with Gasteiger partial charge in [-0.3, -0.25) is 9.99 Å². The molecule has 1 fully saturated rings. The van der Waals surface area contributed by atoms with Crippen LogP contribution in [0.2, 0.25) is 0 Å². The number of benzene rings is 1. The molecule has 1 aliphatic heterocycles. The Hall–Kier alpha value is -2.71. The number of nitrogens with one attached hydrogen (secondary N) is 2. The first kappa shape index (κ1) is 22.1. The zero-order chi connectivity index (χ0) is 22.5. The van der Waals surface area contributed by atoms with E-state index < -0.39 is 0 Å². The molecule has 1 atom stereocenters. The van der Waals surface area contributed by atoms with Crippen molar-refractivity contribution in [3.05, 3.63) is 42.2 Å². The van der Waals surface area contributed by atoms with Gasteiger partial charge in [-0.2, -0.15) is 5.10 Å². The van der Waals surface area contributed by atoms with Crippen LogP contribution in [0.15, 0.2) is 41.8 Å². The summed E-state index contributed by atoms with van der Waals surface area (Å²) < 4.78 is 7.31. The number of anilines is 1. The standard InChI is InChI=1S/C25H32N6OS/c1-2-26-10-11-31-17-19(15-28-31)18-12-22(16-27-14-18)32-21-8-9-23-24(13-21)33-25(30-23)29-20-6-4-3-5-7-20/h8-9,12-16,19-20,26H,2-7,10-11,17H2,1H3,(H,29,30). The van der Waals surface area contributed by atoms with E-state index in [0.29, 0.717) is 6.04 Å². The average molecular weight is 465 g/mol. The summed E-state index contributed by atoms with van der Waals surface area (Å²) in [6, 6.07) is 8.73. The van der Waals surface area contributed by atoms with Gasteiger partial charge >= 0.3 is 0 Å². The average Bonchev–Trinajstić information content (AvgIpc) is 3.47. The fourth-order valence-electron chi connectivity index (χ4n) is 4.50. The van der Waals surface area contributed by atoms with E-state index in [1.807, 2.05) is 24.5 Å². The number of aromatic nitrogens is 2. The molecule has 1 saturated carbocycles. The molecule has 33 heavy (non-hydrogen) atoms. The molecule has 1 unspecified atom stereocenters. The summed E-state index contributed by atoms with van der Waals surface area (Å²) in [6.07, 6.45) is 12.2. The first-order valence-corrected chi connectivity index (χ1v) is 12.9. The minimum absolute atomic E-state index is 0.236. The maximum absolute atomic E-state index is 6.18. The van der Waals surface area contributed by atoms with Crippen molar-refractivity contribution in [3.63, 3.8) is 0 Å². The number of hydrogen-bond acceptors (Lipinski definition) is 8. The molecule has 2 N–H and O–H groups in total. The van der Waals surface area contributed by atoms with E-state index >= 15 is 0 Å². The van der Waals surface area contributed by atoms with Crippen LogP contribution in [0, 0.1) is 0 Å². The van der Waals surface area contributed by atoms with Gasteiger partial charge in [0.1, 0.15) is 11.5 Å². The second-order valence-electron chi connectivity index (χ2n) is 8.82. The number of hydrogen-bond donors (Lipinski definition) is 2. The number of pyridine rings is 1. The highest BCUT2D eigenvalue weighted by molar-refractivity contribution is 7.22. The molecule has 7 nitrogen and oxygen atoms in total. The van der Waals surface area contributed by atoms with Gasteiger partial charge in [0.25, 0.3) is 0 Å². The van der Waals surface area contributed by atoms with Crippen molar-refractivity contribution in [1.29, 1.82) is 0 Å². The Balaban J connectivity index is 1.23. The van der Waals surface area contributed by atoms with E-state index in [9.17, 15) is 0 Å². The fourth-order valence-corrected chi connectivity index (χ4v) is 5.47. The van der Waals surface area contributed by atoms with Gasteiger partial charge in [-0.05, 0) is 43.1 Å². The van der Waals surface area contributed by atoms with Crippen LogP contribution in [0.25, 0.3) is 10.2 Å². The van der Waals surface area contributed by atoms with Gasteiger partial charge in [0.15, 0.2) is 5.13 Å². The lowest BCUT2D eigenvalue weighted by Gasteiger charge is -2.22. The Morgan fingerprint density at radius 3 is 2.91 bits per heavy atom. The Labute approximate surface area is 199 Å². The Morgan fingerprint density at radius 2 is 2.03 bits per heavy atom. The minimum Gasteiger partial charge on any atom is -0.456 e. The Kier molecular flexibility index (Phi) is 7.02. The van der Waals surface area contributed by atoms with Gasteiger partial charge in [-0.15, -0.1) is 0 Å². The van der Waals surface area contributed by atoms with Crippen LogP contribution < -0.4 is 15.4 Å². The summed E-state index contributed by atoms with van der Waals surface area (Å²) in [4.78, 5) is 9.19. The molecule has 3 aromatic rings. The Morgan fingerprint density at radius 1 is 1.12 bits per heavy atom. The molecule has 2 aromatic heterocycles. The maximum Gasteiger partial charge on any atom is 0.184 e. The van der Waals surface area contributed by atoms with Crippen molar-refractivity contribution in [1.82, 2.24) is 20.3 Å². The lowest BCUT2D eigenvalue weighted by atomic mass is 9.96. The molecule has 0 amide bonds. The van der Waals surface area contributed by atoms with Crippen molar-refractivity contribution in [2.45, 2.75) is 51.0 Å². The molecule has 0 bridgehead atoms. The smallest absolute Gasteiger partial charge is 0.184 e. The van der Waals surface area contributed by atoms with Gasteiger partial charge in [0, 0.05) is 50.1 Å². The quantitative estimate of drug-likeness (QED) is 0.423. The number of thiazole rings is 1. The summed E-state index contributed by atoms with van der Waals surface area (Å²) in [6.45, 7) is 5.83. The summed E-state index contributed by atoms with van der Waals surface area (Å²) in [5, 5.41) is 14.6. The van der Waals surface area contributed by atoms with Crippen molar-refractivity contribution in [3.8, 4) is 11.5 Å². The number of rotatable bonds is 9. The number of likely N-dealkylation sites (N-methyl/N-ethyl adjacent to an activating group) is 1. The second-order valence-corrected chi connectivity index (χ2v) is 9.85. The zero-order valence-electron chi connectivity index (χ0n) is 19.2. The topological polar surface area (TPSA) is 74.7 Å². The molecule has 3 heterocycles. The van der Waals surface area contributed by atoms with E-state index in [2.05, 4.69) is 44.8 Å². The highest BCUT2D eigenvalue weighted by Crippen LogP contribution is 2.33. The van der Waals surface area contributed by atoms with Crippen LogP contribution in [0.5, 0.6) is 11.5 Å². The van der Waals surface area contributed by atoms with Gasteiger partial charge in [-0.1, -0.05) is 37.5 Å². The van der Waals surface area contributed by atoms with Crippen molar-refractivity contribution in [2.24, 2.45) is 5.10 Å². The molecule has 0 spiro atoms. The first-order valence-electron chi connectivity index (χ1n) is 12.1. The molecule has 1 aliphatic carbocycles. The first-order chi connectivity index (χ1) is 16.3. The van der Waals surface area contributed by atoms with Crippen molar-refractivity contribution in [2.75, 3.05) is 31.5 Å². The van der Waals surface area contributed by atoms with Crippen LogP contribution >= 0.6 is 11.3 Å². The third-order valence-electron chi connectivity index (χ3n) is 6.30. The largest absolute Gasteiger partial charge is 0.456 e. The lowest BCUT2D eigenvalue weighted by molar-refractivity contribution is 0.309. The minimum atomic E-state index is 0.236. The summed E-state index contributed by atoms with van der Waals surface area (Å²) in [5.74, 6) is 1.79. The molecular weight excluding hydrogens is 432 g/mol. The number of nitrogens with zero attached hydrogens (tertiary/aromatic N) is 4. The maximum atomic E-state index is 6.18. The van der Waals surface area contributed by atoms with Gasteiger partial charge < -0.3 is 15.4 Å². The summed E-state index contributed by atoms with van der Waals surface area (Å²) in [7, 11) is 0. The summed E-state index contributed by atoms with van der Waals surface area (Å²) >= 11 is 1.70. The number of fused-ring (bicyclic) bond motifs is 1. The molecule has 0 radical (unpaired) electrons. The molecule has 8 heteroatoms. The third-order valence-corrected chi connectivity index (χ3v) is 7.25. The van der Waals surface area contributed by atoms with Crippen LogP contribution in [-0.4, -0.2) is 53.4 Å². The molecule has 1 aromatic carbocycles. The normalized spacial score (nSPS) is 18.8. The van der Waals surface area contributed by atoms with Gasteiger partial charge in [0.2, 0.25) is 0 Å². The third kappa shape index (κ3) is 5.62. The van der Waals surface area contributed by atoms with E-state index in [1.54, 1.807) is 17.5 Å². The van der Waals surface area contributed by atoms with Crippen LogP contribution in [0.1, 0.15) is 50.5 Å². The van der Waals surface area contributed by atoms with Crippen molar-refractivity contribution >= 4 is 32.9 Å². The zero-order valence-corrected chi connectivity index (χ0v) is 20.0. The van der Waals surface area contributed by atoms with E-state index in [4.69, 9.17) is 9.72 Å². The SMILES string of the molecule is CCNCCN1CC(c2cncc(Oc3ccc4nc(NC5CCCCC5)sc4c3)c2)C=N1. The van der Waals surface area contributed by atoms with Gasteiger partial charge in [0.05, 0.1) is 16.4 Å². The summed E-state index contributed by atoms with van der Waals surface area (Å²) in [5.41, 5.74) is 2.14. The molecule has 2 aliphatic rings. The predicted octanol–water partition coefficient (Wildman–Crippen LogP) is 5.22. The second kappa shape index (κ2) is 10.5. The van der Waals surface area contributed by atoms with Gasteiger partial charge in [-0.25, -0.2) is 4.98 Å². The Bertz CT molecular complexity index is 1090. The fraction of sp³-hybridized carbons (Fsp3) is 0.480. The van der Waals surface area contributed by atoms with Crippen LogP contribution in [0.4, 0.5) is 5.13 Å².